The number of carbonyl (C=O) groups is 1. The number of nitrogens with zero attached hydrogens (tertiary/aromatic N) is 3. The summed E-state index contributed by atoms with van der Waals surface area (Å²) in [5, 5.41) is 11.7. The molecule has 0 bridgehead atoms. The Morgan fingerprint density at radius 3 is 2.62 bits per heavy atom. The van der Waals surface area contributed by atoms with Crippen molar-refractivity contribution in [3.8, 4) is 0 Å². The Morgan fingerprint density at radius 2 is 2.00 bits per heavy atom. The van der Waals surface area contributed by atoms with Crippen LogP contribution in [0.5, 0.6) is 0 Å². The minimum atomic E-state index is -0.477. The van der Waals surface area contributed by atoms with Crippen molar-refractivity contribution in [1.82, 2.24) is 14.9 Å². The Labute approximate surface area is 152 Å². The number of para-hydroxylation sites is 1. The summed E-state index contributed by atoms with van der Waals surface area (Å²) in [4.78, 5) is 12.5. The van der Waals surface area contributed by atoms with Crippen LogP contribution in [0, 0.1) is 6.92 Å². The molecule has 2 aromatic heterocycles. The molecule has 3 aromatic rings. The van der Waals surface area contributed by atoms with Crippen molar-refractivity contribution in [2.24, 2.45) is 0 Å². The number of hydrogen-bond acceptors (Lipinski definition) is 4. The fourth-order valence-corrected chi connectivity index (χ4v) is 2.78. The molecule has 6 nitrogen and oxygen atoms in total. The van der Waals surface area contributed by atoms with Crippen LogP contribution in [0.2, 0.25) is 15.1 Å². The van der Waals surface area contributed by atoms with Crippen molar-refractivity contribution in [3.05, 3.63) is 62.7 Å². The normalized spacial score (nSPS) is 10.8. The first-order valence-electron chi connectivity index (χ1n) is 6.84. The van der Waals surface area contributed by atoms with E-state index in [2.05, 4.69) is 15.6 Å². The van der Waals surface area contributed by atoms with E-state index in [0.717, 1.165) is 0 Å². The van der Waals surface area contributed by atoms with Crippen LogP contribution in [0.3, 0.4) is 0 Å². The van der Waals surface area contributed by atoms with E-state index in [-0.39, 0.29) is 5.69 Å². The minimum absolute atomic E-state index is 0.134. The Kier molecular flexibility index (Phi) is 4.80. The van der Waals surface area contributed by atoms with E-state index < -0.39 is 5.91 Å². The van der Waals surface area contributed by atoms with Crippen LogP contribution >= 0.6 is 34.8 Å². The molecule has 9 heteroatoms. The van der Waals surface area contributed by atoms with E-state index in [1.807, 2.05) is 0 Å². The molecule has 24 heavy (non-hydrogen) atoms. The molecule has 1 N–H and O–H groups in total. The highest BCUT2D eigenvalue weighted by Gasteiger charge is 2.22. The lowest BCUT2D eigenvalue weighted by Crippen LogP contribution is -2.16. The molecule has 0 aliphatic carbocycles. The van der Waals surface area contributed by atoms with Crippen LogP contribution in [0.4, 0.5) is 5.69 Å². The third-order valence-electron chi connectivity index (χ3n) is 3.32. The molecule has 0 spiro atoms. The molecule has 0 radical (unpaired) electrons. The Balaban J connectivity index is 1.88. The van der Waals surface area contributed by atoms with Gasteiger partial charge in [-0.15, -0.1) is 0 Å². The summed E-state index contributed by atoms with van der Waals surface area (Å²) in [6.45, 7) is 2.01. The second-order valence-electron chi connectivity index (χ2n) is 4.97. The molecular weight excluding hydrogens is 375 g/mol. The number of rotatable bonds is 4. The topological polar surface area (TPSA) is 73.0 Å². The van der Waals surface area contributed by atoms with Crippen molar-refractivity contribution in [1.29, 1.82) is 0 Å². The maximum absolute atomic E-state index is 12.5. The van der Waals surface area contributed by atoms with E-state index in [4.69, 9.17) is 39.3 Å². The molecule has 3 rings (SSSR count). The minimum Gasteiger partial charge on any atom is -0.361 e. The number of carbonyl (C=O) groups excluding carboxylic acids is 1. The van der Waals surface area contributed by atoms with Gasteiger partial charge in [-0.2, -0.15) is 5.10 Å². The SMILES string of the molecule is Cc1onc(C(=O)Nc2c(Cl)cccc2Cl)c1Cn1cc(Cl)cn1. The zero-order valence-electron chi connectivity index (χ0n) is 12.4. The van der Waals surface area contributed by atoms with Crippen LogP contribution in [0.15, 0.2) is 35.1 Å². The van der Waals surface area contributed by atoms with Gasteiger partial charge >= 0.3 is 0 Å². The van der Waals surface area contributed by atoms with E-state index in [1.165, 1.54) is 6.20 Å². The number of benzene rings is 1. The molecule has 1 amide bonds. The lowest BCUT2D eigenvalue weighted by atomic mass is 10.2. The largest absolute Gasteiger partial charge is 0.361 e. The van der Waals surface area contributed by atoms with E-state index >= 15 is 0 Å². The van der Waals surface area contributed by atoms with Crippen LogP contribution in [-0.2, 0) is 6.54 Å². The Bertz CT molecular complexity index is 884. The fraction of sp³-hybridized carbons (Fsp3) is 0.133. The maximum atomic E-state index is 12.5. The molecule has 0 atom stereocenters. The number of aryl methyl sites for hydroxylation is 1. The van der Waals surface area contributed by atoms with Crippen LogP contribution in [0.25, 0.3) is 0 Å². The molecule has 0 aliphatic heterocycles. The molecule has 0 unspecified atom stereocenters. The number of nitrogens with one attached hydrogen (secondary N) is 1. The monoisotopic (exact) mass is 384 g/mol. The zero-order chi connectivity index (χ0) is 17.3. The van der Waals surface area contributed by atoms with Gasteiger partial charge in [0, 0.05) is 11.8 Å². The van der Waals surface area contributed by atoms with Gasteiger partial charge in [-0.3, -0.25) is 9.48 Å². The highest BCUT2D eigenvalue weighted by atomic mass is 35.5. The fourth-order valence-electron chi connectivity index (χ4n) is 2.13. The number of hydrogen-bond donors (Lipinski definition) is 1. The van der Waals surface area contributed by atoms with E-state index in [9.17, 15) is 4.79 Å². The van der Waals surface area contributed by atoms with Crippen LogP contribution < -0.4 is 5.32 Å². The number of aromatic nitrogens is 3. The van der Waals surface area contributed by atoms with Crippen molar-refractivity contribution in [3.63, 3.8) is 0 Å². The highest BCUT2D eigenvalue weighted by Crippen LogP contribution is 2.30. The summed E-state index contributed by atoms with van der Waals surface area (Å²) in [5.41, 5.74) is 1.05. The molecule has 2 heterocycles. The van der Waals surface area contributed by atoms with Gasteiger partial charge in [-0.05, 0) is 19.1 Å². The van der Waals surface area contributed by atoms with Gasteiger partial charge in [0.2, 0.25) is 0 Å². The number of amides is 1. The lowest BCUT2D eigenvalue weighted by Gasteiger charge is -2.08. The average molecular weight is 386 g/mol. The summed E-state index contributed by atoms with van der Waals surface area (Å²) >= 11 is 18.0. The second kappa shape index (κ2) is 6.84. The van der Waals surface area contributed by atoms with Crippen LogP contribution in [-0.4, -0.2) is 20.8 Å². The smallest absolute Gasteiger partial charge is 0.278 e. The zero-order valence-corrected chi connectivity index (χ0v) is 14.7. The third-order valence-corrected chi connectivity index (χ3v) is 4.15. The van der Waals surface area contributed by atoms with Crippen molar-refractivity contribution in [2.45, 2.75) is 13.5 Å². The van der Waals surface area contributed by atoms with E-state index in [0.29, 0.717) is 38.6 Å². The molecule has 0 saturated carbocycles. The Morgan fingerprint density at radius 1 is 1.29 bits per heavy atom. The molecule has 124 valence electrons. The molecule has 0 saturated heterocycles. The van der Waals surface area contributed by atoms with Gasteiger partial charge in [0.25, 0.3) is 5.91 Å². The van der Waals surface area contributed by atoms with Crippen LogP contribution in [0.1, 0.15) is 21.8 Å². The van der Waals surface area contributed by atoms with Gasteiger partial charge in [-0.25, -0.2) is 0 Å². The van der Waals surface area contributed by atoms with Gasteiger partial charge in [0.1, 0.15) is 5.76 Å². The van der Waals surface area contributed by atoms with Gasteiger partial charge in [0.05, 0.1) is 33.5 Å². The molecule has 0 fully saturated rings. The van der Waals surface area contributed by atoms with E-state index in [1.54, 1.807) is 36.0 Å². The average Bonchev–Trinajstić information content (AvgIpc) is 3.10. The third kappa shape index (κ3) is 3.40. The standard InChI is InChI=1S/C15H11Cl3N4O2/c1-8-10(7-22-6-9(16)5-19-22)13(21-24-8)15(23)20-14-11(17)3-2-4-12(14)18/h2-6H,7H2,1H3,(H,20,23). The Hall–Kier alpha value is -2.02. The van der Waals surface area contributed by atoms with Gasteiger partial charge in [0.15, 0.2) is 5.69 Å². The van der Waals surface area contributed by atoms with Crippen molar-refractivity contribution >= 4 is 46.4 Å². The summed E-state index contributed by atoms with van der Waals surface area (Å²) in [6, 6.07) is 4.95. The van der Waals surface area contributed by atoms with Crippen molar-refractivity contribution < 1.29 is 9.32 Å². The first kappa shape index (κ1) is 16.8. The summed E-state index contributed by atoms with van der Waals surface area (Å²) < 4.78 is 6.73. The first-order valence-corrected chi connectivity index (χ1v) is 7.97. The van der Waals surface area contributed by atoms with Gasteiger partial charge in [-0.1, -0.05) is 46.0 Å². The quantitative estimate of drug-likeness (QED) is 0.720. The molecule has 1 aromatic carbocycles. The summed E-state index contributed by atoms with van der Waals surface area (Å²) in [5.74, 6) is 0.0344. The predicted octanol–water partition coefficient (Wildman–Crippen LogP) is 4.44. The summed E-state index contributed by atoms with van der Waals surface area (Å²) in [6.07, 6.45) is 3.15. The molecular formula is C15H11Cl3N4O2. The first-order chi connectivity index (χ1) is 11.5. The van der Waals surface area contributed by atoms with Gasteiger partial charge < -0.3 is 9.84 Å². The summed E-state index contributed by atoms with van der Waals surface area (Å²) in [7, 11) is 0. The molecule has 0 aliphatic rings. The lowest BCUT2D eigenvalue weighted by molar-refractivity contribution is 0.101. The number of anilines is 1. The number of halogens is 3. The maximum Gasteiger partial charge on any atom is 0.278 e. The van der Waals surface area contributed by atoms with Crippen molar-refractivity contribution in [2.75, 3.05) is 5.32 Å². The second-order valence-corrected chi connectivity index (χ2v) is 6.22. The highest BCUT2D eigenvalue weighted by molar-refractivity contribution is 6.40. The predicted molar refractivity (Wildman–Crippen MR) is 92.0 cm³/mol.